The number of carbonyl (C=O) groups excluding carboxylic acids is 1. The second-order valence-electron chi connectivity index (χ2n) is 12.4. The standard InChI is InChI=1S/C30H46ClN3O13/c1-43-9-2-6-33-7-3-15(4-8-33)34(28(42)17-11-18(31)21(32)16-5-10-44-25(16)17)30(14-37)27(41)26(20(13-36)47-30)46-29-24(40)23(39)22(38)19(12-35)45-29/h11,15,19-20,22-24,26-27,29,35-41H,2-10,12-14,32H2,1H3/t19?,20-,22+,23-,24?,26?,27-,29+,30?/m1/s1. The minimum absolute atomic E-state index is 0.0571. The van der Waals surface area contributed by atoms with Gasteiger partial charge in [-0.3, -0.25) is 4.79 Å². The predicted molar refractivity (Wildman–Crippen MR) is 164 cm³/mol. The van der Waals surface area contributed by atoms with Gasteiger partial charge in [0, 0.05) is 51.4 Å². The van der Waals surface area contributed by atoms with Crippen LogP contribution in [0.15, 0.2) is 6.07 Å². The van der Waals surface area contributed by atoms with Crippen molar-refractivity contribution in [2.45, 2.75) is 86.5 Å². The molecule has 16 nitrogen and oxygen atoms in total. The summed E-state index contributed by atoms with van der Waals surface area (Å²) in [5, 5.41) is 74.1. The first-order valence-electron chi connectivity index (χ1n) is 15.8. The predicted octanol–water partition coefficient (Wildman–Crippen LogP) is -2.57. The zero-order chi connectivity index (χ0) is 34.0. The lowest BCUT2D eigenvalue weighted by Gasteiger charge is -2.48. The summed E-state index contributed by atoms with van der Waals surface area (Å²) in [5.41, 5.74) is 4.93. The van der Waals surface area contributed by atoms with Gasteiger partial charge in [-0.1, -0.05) is 11.6 Å². The van der Waals surface area contributed by atoms with Crippen molar-refractivity contribution in [2.24, 2.45) is 0 Å². The highest BCUT2D eigenvalue weighted by atomic mass is 35.5. The normalized spacial score (nSPS) is 34.7. The van der Waals surface area contributed by atoms with Crippen LogP contribution in [-0.2, 0) is 25.4 Å². The van der Waals surface area contributed by atoms with Crippen LogP contribution in [0.25, 0.3) is 0 Å². The molecule has 0 aromatic heterocycles. The molecule has 1 amide bonds. The number of ether oxygens (including phenoxy) is 5. The summed E-state index contributed by atoms with van der Waals surface area (Å²) >= 11 is 6.46. The van der Waals surface area contributed by atoms with Crippen molar-refractivity contribution in [3.8, 4) is 5.75 Å². The van der Waals surface area contributed by atoms with Gasteiger partial charge in [0.1, 0.15) is 48.5 Å². The van der Waals surface area contributed by atoms with E-state index in [-0.39, 0.29) is 28.6 Å². The van der Waals surface area contributed by atoms with Gasteiger partial charge in [-0.05, 0) is 25.3 Å². The minimum Gasteiger partial charge on any atom is -0.492 e. The number of methoxy groups -OCH3 is 1. The van der Waals surface area contributed by atoms with E-state index in [1.54, 1.807) is 7.11 Å². The van der Waals surface area contributed by atoms with Gasteiger partial charge in [-0.15, -0.1) is 0 Å². The van der Waals surface area contributed by atoms with Crippen LogP contribution in [0.5, 0.6) is 5.75 Å². The number of rotatable bonds is 12. The Morgan fingerprint density at radius 1 is 1.11 bits per heavy atom. The van der Waals surface area contributed by atoms with E-state index in [4.69, 9.17) is 41.0 Å². The molecule has 17 heteroatoms. The van der Waals surface area contributed by atoms with Crippen molar-refractivity contribution in [3.63, 3.8) is 0 Å². The Hall–Kier alpha value is -1.90. The third-order valence-corrected chi connectivity index (χ3v) is 9.93. The van der Waals surface area contributed by atoms with E-state index < -0.39 is 86.5 Å². The molecule has 0 bridgehead atoms. The van der Waals surface area contributed by atoms with E-state index >= 15 is 0 Å². The summed E-state index contributed by atoms with van der Waals surface area (Å²) in [6.45, 7) is 0.419. The number of hydrogen-bond acceptors (Lipinski definition) is 15. The van der Waals surface area contributed by atoms with E-state index in [0.29, 0.717) is 44.5 Å². The fourth-order valence-electron chi connectivity index (χ4n) is 7.04. The molecule has 0 radical (unpaired) electrons. The van der Waals surface area contributed by atoms with Gasteiger partial charge in [0.25, 0.3) is 5.91 Å². The third-order valence-electron chi connectivity index (χ3n) is 9.61. The summed E-state index contributed by atoms with van der Waals surface area (Å²) in [6.07, 6.45) is -10.8. The molecular formula is C30H46ClN3O13. The van der Waals surface area contributed by atoms with E-state index in [2.05, 4.69) is 4.90 Å². The summed E-state index contributed by atoms with van der Waals surface area (Å²) < 4.78 is 28.5. The number of piperidine rings is 1. The van der Waals surface area contributed by atoms with Crippen molar-refractivity contribution in [2.75, 3.05) is 65.5 Å². The van der Waals surface area contributed by atoms with Crippen LogP contribution in [0, 0.1) is 0 Å². The summed E-state index contributed by atoms with van der Waals surface area (Å²) in [6, 6.07) is 0.801. The van der Waals surface area contributed by atoms with E-state index in [1.807, 2.05) is 0 Å². The van der Waals surface area contributed by atoms with Crippen molar-refractivity contribution in [3.05, 3.63) is 22.2 Å². The molecule has 9 N–H and O–H groups in total. The molecular weight excluding hydrogens is 646 g/mol. The second kappa shape index (κ2) is 15.3. The number of carbonyl (C=O) groups is 1. The zero-order valence-corrected chi connectivity index (χ0v) is 26.9. The molecule has 0 saturated carbocycles. The first-order chi connectivity index (χ1) is 22.5. The van der Waals surface area contributed by atoms with Crippen molar-refractivity contribution in [1.29, 1.82) is 0 Å². The fraction of sp³-hybridized carbons (Fsp3) is 0.767. The lowest BCUT2D eigenvalue weighted by molar-refractivity contribution is -0.318. The molecule has 9 atom stereocenters. The summed E-state index contributed by atoms with van der Waals surface area (Å²) in [4.78, 5) is 18.2. The molecule has 4 unspecified atom stereocenters. The van der Waals surface area contributed by atoms with Gasteiger partial charge < -0.3 is 75.0 Å². The highest BCUT2D eigenvalue weighted by Crippen LogP contribution is 2.44. The Morgan fingerprint density at radius 2 is 1.81 bits per heavy atom. The minimum atomic E-state index is -2.18. The van der Waals surface area contributed by atoms with Crippen LogP contribution in [-0.4, -0.2) is 172 Å². The number of nitrogens with two attached hydrogens (primary N) is 1. The van der Waals surface area contributed by atoms with Crippen LogP contribution < -0.4 is 10.5 Å². The molecule has 47 heavy (non-hydrogen) atoms. The zero-order valence-electron chi connectivity index (χ0n) is 26.2. The van der Waals surface area contributed by atoms with Crippen LogP contribution >= 0.6 is 11.6 Å². The molecule has 266 valence electrons. The number of aliphatic hydroxyl groups is 7. The fourth-order valence-corrected chi connectivity index (χ4v) is 7.26. The highest BCUT2D eigenvalue weighted by molar-refractivity contribution is 6.33. The molecule has 4 aliphatic rings. The van der Waals surface area contributed by atoms with Crippen molar-refractivity contribution >= 4 is 23.2 Å². The smallest absolute Gasteiger partial charge is 0.260 e. The number of benzene rings is 1. The first-order valence-corrected chi connectivity index (χ1v) is 16.2. The van der Waals surface area contributed by atoms with Crippen molar-refractivity contribution < 1.29 is 64.2 Å². The van der Waals surface area contributed by atoms with Gasteiger partial charge in [-0.25, -0.2) is 0 Å². The molecule has 3 saturated heterocycles. The van der Waals surface area contributed by atoms with Gasteiger partial charge in [0.05, 0.1) is 42.7 Å². The molecule has 4 heterocycles. The largest absolute Gasteiger partial charge is 0.492 e. The van der Waals surface area contributed by atoms with Gasteiger partial charge in [-0.2, -0.15) is 0 Å². The van der Waals surface area contributed by atoms with E-state index in [1.165, 1.54) is 11.0 Å². The number of nitrogens with zero attached hydrogens (tertiary/aromatic N) is 2. The molecule has 1 aromatic rings. The SMILES string of the molecule is COCCCN1CCC(N(C(=O)c2cc(Cl)c(N)c3c2OCC3)C2(CO)O[C@H](CO)C(O[C@@H]3OC(CO)[C@H](O)[C@@H](O)C3O)[C@H]2O)CC1. The highest BCUT2D eigenvalue weighted by Gasteiger charge is 2.62. The number of fused-ring (bicyclic) bond motifs is 1. The molecule has 0 spiro atoms. The number of likely N-dealkylation sites (tertiary alicyclic amines) is 1. The second-order valence-corrected chi connectivity index (χ2v) is 12.8. The van der Waals surface area contributed by atoms with Gasteiger partial charge >= 0.3 is 0 Å². The first kappa shape index (κ1) is 36.4. The molecule has 5 rings (SSSR count). The third kappa shape index (κ3) is 6.81. The number of hydrogen-bond donors (Lipinski definition) is 8. The van der Waals surface area contributed by atoms with E-state index in [0.717, 1.165) is 13.0 Å². The average Bonchev–Trinajstić information content (AvgIpc) is 3.67. The Bertz CT molecular complexity index is 1240. The van der Waals surface area contributed by atoms with Crippen LogP contribution in [0.3, 0.4) is 0 Å². The maximum absolute atomic E-state index is 14.7. The Kier molecular flexibility index (Phi) is 11.9. The average molecular weight is 692 g/mol. The number of halogens is 1. The van der Waals surface area contributed by atoms with Gasteiger partial charge in [0.2, 0.25) is 0 Å². The van der Waals surface area contributed by atoms with Gasteiger partial charge in [0.15, 0.2) is 12.0 Å². The number of anilines is 1. The summed E-state index contributed by atoms with van der Waals surface area (Å²) in [5.74, 6) is -0.423. The topological polar surface area (TPSA) is 237 Å². The lowest BCUT2D eigenvalue weighted by atomic mass is 9.93. The van der Waals surface area contributed by atoms with Crippen molar-refractivity contribution in [1.82, 2.24) is 9.80 Å². The molecule has 0 aliphatic carbocycles. The van der Waals surface area contributed by atoms with Crippen LogP contribution in [0.4, 0.5) is 5.69 Å². The molecule has 4 aliphatic heterocycles. The Labute approximate surface area is 277 Å². The number of nitrogen functional groups attached to an aromatic ring is 1. The van der Waals surface area contributed by atoms with Crippen LogP contribution in [0.1, 0.15) is 35.2 Å². The lowest BCUT2D eigenvalue weighted by Crippen LogP contribution is -2.66. The number of amides is 1. The maximum Gasteiger partial charge on any atom is 0.260 e. The Morgan fingerprint density at radius 3 is 2.45 bits per heavy atom. The monoisotopic (exact) mass is 691 g/mol. The quantitative estimate of drug-likeness (QED) is 0.0830. The number of aliphatic hydroxyl groups excluding tert-OH is 7. The Balaban J connectivity index is 1.50. The maximum atomic E-state index is 14.7. The van der Waals surface area contributed by atoms with Crippen LogP contribution in [0.2, 0.25) is 5.02 Å². The molecule has 1 aromatic carbocycles. The molecule has 3 fully saturated rings. The summed E-state index contributed by atoms with van der Waals surface area (Å²) in [7, 11) is 1.63. The van der Waals surface area contributed by atoms with E-state index in [9.17, 15) is 40.5 Å².